The van der Waals surface area contributed by atoms with Gasteiger partial charge in [0, 0.05) is 0 Å². The van der Waals surface area contributed by atoms with Gasteiger partial charge in [-0.05, 0) is 31.1 Å². The van der Waals surface area contributed by atoms with E-state index in [0.717, 1.165) is 12.8 Å². The number of hydrogen-bond donors (Lipinski definition) is 1. The summed E-state index contributed by atoms with van der Waals surface area (Å²) in [6.45, 7) is 0. The summed E-state index contributed by atoms with van der Waals surface area (Å²) in [5.41, 5.74) is 0.197. The number of carbonyl (C=O) groups is 1. The smallest absolute Gasteiger partial charge is 0.307 e. The van der Waals surface area contributed by atoms with E-state index in [1.165, 1.54) is 44.9 Å². The third kappa shape index (κ3) is 1.67. The summed E-state index contributed by atoms with van der Waals surface area (Å²) in [7, 11) is 0. The van der Waals surface area contributed by atoms with Crippen LogP contribution >= 0.6 is 0 Å². The van der Waals surface area contributed by atoms with Gasteiger partial charge in [0.05, 0.1) is 5.92 Å². The van der Waals surface area contributed by atoms with E-state index in [4.69, 9.17) is 0 Å². The summed E-state index contributed by atoms with van der Waals surface area (Å²) >= 11 is 0. The molecule has 0 aromatic carbocycles. The molecule has 0 radical (unpaired) electrons. The van der Waals surface area contributed by atoms with Crippen LogP contribution in [-0.2, 0) is 4.79 Å². The summed E-state index contributed by atoms with van der Waals surface area (Å²) in [5, 5.41) is 9.26. The molecule has 1 atom stereocenters. The van der Waals surface area contributed by atoms with Gasteiger partial charge >= 0.3 is 5.97 Å². The van der Waals surface area contributed by atoms with Gasteiger partial charge in [0.2, 0.25) is 0 Å². The van der Waals surface area contributed by atoms with Crippen LogP contribution in [0.25, 0.3) is 0 Å². The van der Waals surface area contributed by atoms with E-state index in [-0.39, 0.29) is 11.3 Å². The quantitative estimate of drug-likeness (QED) is 0.699. The Bertz CT molecular complexity index is 208. The van der Waals surface area contributed by atoms with Crippen LogP contribution in [0.5, 0.6) is 0 Å². The maximum absolute atomic E-state index is 11.2. The molecule has 1 spiro atoms. The van der Waals surface area contributed by atoms with E-state index >= 15 is 0 Å². The first-order chi connectivity index (χ1) is 6.75. The molecule has 2 heteroatoms. The Morgan fingerprint density at radius 1 is 1.00 bits per heavy atom. The second kappa shape index (κ2) is 3.92. The van der Waals surface area contributed by atoms with Crippen LogP contribution < -0.4 is 0 Å². The zero-order chi connectivity index (χ0) is 10.0. The molecule has 0 amide bonds. The Labute approximate surface area is 85.7 Å². The van der Waals surface area contributed by atoms with Gasteiger partial charge < -0.3 is 5.11 Å². The average molecular weight is 196 g/mol. The molecule has 2 nitrogen and oxygen atoms in total. The number of rotatable bonds is 1. The van der Waals surface area contributed by atoms with Crippen molar-refractivity contribution in [1.82, 2.24) is 0 Å². The zero-order valence-electron chi connectivity index (χ0n) is 8.80. The van der Waals surface area contributed by atoms with E-state index < -0.39 is 5.97 Å². The van der Waals surface area contributed by atoms with Crippen molar-refractivity contribution in [3.05, 3.63) is 0 Å². The van der Waals surface area contributed by atoms with Crippen LogP contribution in [0, 0.1) is 11.3 Å². The first-order valence-corrected chi connectivity index (χ1v) is 5.97. The molecule has 14 heavy (non-hydrogen) atoms. The molecule has 80 valence electrons. The predicted octanol–water partition coefficient (Wildman–Crippen LogP) is 3.21. The summed E-state index contributed by atoms with van der Waals surface area (Å²) < 4.78 is 0. The lowest BCUT2D eigenvalue weighted by atomic mass is 9.59. The molecular formula is C12H20O2. The Morgan fingerprint density at radius 3 is 2.14 bits per heavy atom. The van der Waals surface area contributed by atoms with Gasteiger partial charge in [-0.3, -0.25) is 4.79 Å². The fourth-order valence-corrected chi connectivity index (χ4v) is 3.55. The first kappa shape index (κ1) is 10.0. The monoisotopic (exact) mass is 196 g/mol. The molecule has 2 aliphatic carbocycles. The molecule has 0 aromatic heterocycles. The number of carboxylic acid groups (broad SMARTS) is 1. The van der Waals surface area contributed by atoms with Crippen LogP contribution in [0.15, 0.2) is 0 Å². The van der Waals surface area contributed by atoms with Crippen LogP contribution in [0.2, 0.25) is 0 Å². The summed E-state index contributed by atoms with van der Waals surface area (Å²) in [6.07, 6.45) is 10.6. The molecule has 2 fully saturated rings. The highest BCUT2D eigenvalue weighted by molar-refractivity contribution is 5.71. The molecule has 0 aromatic rings. The van der Waals surface area contributed by atoms with E-state index in [1.807, 2.05) is 0 Å². The van der Waals surface area contributed by atoms with Gasteiger partial charge in [0.1, 0.15) is 0 Å². The molecule has 0 bridgehead atoms. The van der Waals surface area contributed by atoms with E-state index in [0.29, 0.717) is 0 Å². The number of aliphatic carboxylic acids is 1. The van der Waals surface area contributed by atoms with Crippen LogP contribution in [-0.4, -0.2) is 11.1 Å². The molecule has 2 saturated carbocycles. The zero-order valence-corrected chi connectivity index (χ0v) is 8.80. The van der Waals surface area contributed by atoms with Gasteiger partial charge in [-0.1, -0.05) is 32.1 Å². The summed E-state index contributed by atoms with van der Waals surface area (Å²) in [6, 6.07) is 0. The van der Waals surface area contributed by atoms with Crippen molar-refractivity contribution in [2.45, 2.75) is 57.8 Å². The molecule has 0 saturated heterocycles. The number of carboxylic acids is 1. The standard InChI is InChI=1S/C12H20O2/c13-11(14)10-6-2-5-9-12(10)7-3-1-4-8-12/h10H,1-9H2,(H,13,14). The molecule has 1 N–H and O–H groups in total. The van der Waals surface area contributed by atoms with Crippen molar-refractivity contribution in [2.75, 3.05) is 0 Å². The Hall–Kier alpha value is -0.530. The van der Waals surface area contributed by atoms with Crippen molar-refractivity contribution >= 4 is 5.97 Å². The molecule has 0 aliphatic heterocycles. The fraction of sp³-hybridized carbons (Fsp3) is 0.917. The van der Waals surface area contributed by atoms with Crippen molar-refractivity contribution in [3.63, 3.8) is 0 Å². The van der Waals surface area contributed by atoms with Crippen LogP contribution in [0.4, 0.5) is 0 Å². The molecule has 2 aliphatic rings. The van der Waals surface area contributed by atoms with Crippen molar-refractivity contribution < 1.29 is 9.90 Å². The third-order valence-electron chi connectivity index (χ3n) is 4.30. The van der Waals surface area contributed by atoms with E-state index in [9.17, 15) is 9.90 Å². The number of hydrogen-bond acceptors (Lipinski definition) is 1. The van der Waals surface area contributed by atoms with Crippen LogP contribution in [0.3, 0.4) is 0 Å². The topological polar surface area (TPSA) is 37.3 Å². The predicted molar refractivity (Wildman–Crippen MR) is 55.1 cm³/mol. The van der Waals surface area contributed by atoms with Crippen LogP contribution in [0.1, 0.15) is 57.8 Å². The second-order valence-corrected chi connectivity index (χ2v) is 5.06. The van der Waals surface area contributed by atoms with Crippen molar-refractivity contribution in [3.8, 4) is 0 Å². The van der Waals surface area contributed by atoms with Gasteiger partial charge in [-0.2, -0.15) is 0 Å². The maximum Gasteiger partial charge on any atom is 0.307 e. The Balaban J connectivity index is 2.14. The highest BCUT2D eigenvalue weighted by atomic mass is 16.4. The summed E-state index contributed by atoms with van der Waals surface area (Å²) in [5.74, 6) is -0.567. The first-order valence-electron chi connectivity index (χ1n) is 5.97. The third-order valence-corrected chi connectivity index (χ3v) is 4.30. The fourth-order valence-electron chi connectivity index (χ4n) is 3.55. The lowest BCUT2D eigenvalue weighted by molar-refractivity contribution is -0.150. The SMILES string of the molecule is O=C(O)C1CCCCC12CCCCC2. The highest BCUT2D eigenvalue weighted by Crippen LogP contribution is 2.51. The van der Waals surface area contributed by atoms with E-state index in [1.54, 1.807) is 0 Å². The van der Waals surface area contributed by atoms with Crippen molar-refractivity contribution in [2.24, 2.45) is 11.3 Å². The Kier molecular flexibility index (Phi) is 2.80. The van der Waals surface area contributed by atoms with Gasteiger partial charge in [0.15, 0.2) is 0 Å². The minimum Gasteiger partial charge on any atom is -0.481 e. The van der Waals surface area contributed by atoms with Gasteiger partial charge in [0.25, 0.3) is 0 Å². The second-order valence-electron chi connectivity index (χ2n) is 5.06. The minimum absolute atomic E-state index is 0.0310. The summed E-state index contributed by atoms with van der Waals surface area (Å²) in [4.78, 5) is 11.2. The van der Waals surface area contributed by atoms with E-state index in [2.05, 4.69) is 0 Å². The molecule has 1 unspecified atom stereocenters. The maximum atomic E-state index is 11.2. The van der Waals surface area contributed by atoms with Gasteiger partial charge in [-0.25, -0.2) is 0 Å². The highest BCUT2D eigenvalue weighted by Gasteiger charge is 2.44. The minimum atomic E-state index is -0.536. The Morgan fingerprint density at radius 2 is 1.57 bits per heavy atom. The molecule has 2 rings (SSSR count). The molecule has 0 heterocycles. The normalized spacial score (nSPS) is 31.6. The lowest BCUT2D eigenvalue weighted by Gasteiger charge is -2.45. The van der Waals surface area contributed by atoms with Crippen molar-refractivity contribution in [1.29, 1.82) is 0 Å². The molecular weight excluding hydrogens is 176 g/mol. The largest absolute Gasteiger partial charge is 0.481 e. The average Bonchev–Trinajstić information content (AvgIpc) is 2.19. The lowest BCUT2D eigenvalue weighted by Crippen LogP contribution is -2.40. The van der Waals surface area contributed by atoms with Gasteiger partial charge in [-0.15, -0.1) is 0 Å².